The maximum absolute atomic E-state index is 11.4. The first-order chi connectivity index (χ1) is 8.67. The molecule has 0 aliphatic heterocycles. The van der Waals surface area contributed by atoms with Crippen LogP contribution in [-0.2, 0) is 4.79 Å². The monoisotopic (exact) mass is 251 g/mol. The number of likely N-dealkylation sites (N-methyl/N-ethyl adjacent to an activating group) is 1. The largest absolute Gasteiger partial charge is 0.361 e. The number of nitrogens with one attached hydrogen (secondary N) is 3. The van der Waals surface area contributed by atoms with Crippen LogP contribution in [0.3, 0.4) is 0 Å². The average molecular weight is 251 g/mol. The van der Waals surface area contributed by atoms with Gasteiger partial charge in [-0.25, -0.2) is 4.98 Å². The third kappa shape index (κ3) is 4.57. The minimum atomic E-state index is -0.0430. The molecule has 0 spiro atoms. The molecule has 1 rings (SSSR count). The molecule has 100 valence electrons. The van der Waals surface area contributed by atoms with Crippen molar-refractivity contribution in [2.45, 2.75) is 27.2 Å². The summed E-state index contributed by atoms with van der Waals surface area (Å²) < 4.78 is 0. The summed E-state index contributed by atoms with van der Waals surface area (Å²) in [5, 5.41) is 8.85. The highest BCUT2D eigenvalue weighted by Crippen LogP contribution is 2.11. The second-order valence-corrected chi connectivity index (χ2v) is 3.96. The van der Waals surface area contributed by atoms with Crippen LogP contribution in [0.2, 0.25) is 0 Å². The summed E-state index contributed by atoms with van der Waals surface area (Å²) in [5.74, 6) is 1.23. The number of nitrogens with zero attached hydrogens (tertiary/aromatic N) is 2. The van der Waals surface area contributed by atoms with Gasteiger partial charge in [-0.05, 0) is 20.3 Å². The molecule has 0 fully saturated rings. The highest BCUT2D eigenvalue weighted by molar-refractivity contribution is 5.80. The number of aromatic nitrogens is 2. The van der Waals surface area contributed by atoms with Gasteiger partial charge in [-0.3, -0.25) is 4.79 Å². The van der Waals surface area contributed by atoms with Crippen molar-refractivity contribution in [2.75, 3.05) is 30.3 Å². The Bertz CT molecular complexity index is 394. The first-order valence-electron chi connectivity index (χ1n) is 6.25. The van der Waals surface area contributed by atoms with E-state index in [1.165, 1.54) is 0 Å². The highest BCUT2D eigenvalue weighted by atomic mass is 16.1. The van der Waals surface area contributed by atoms with Gasteiger partial charge in [0.1, 0.15) is 5.82 Å². The lowest BCUT2D eigenvalue weighted by molar-refractivity contribution is -0.119. The van der Waals surface area contributed by atoms with E-state index in [1.807, 2.05) is 13.8 Å². The predicted molar refractivity (Wildman–Crippen MR) is 72.7 cm³/mol. The maximum atomic E-state index is 11.4. The Morgan fingerprint density at radius 2 is 2.11 bits per heavy atom. The van der Waals surface area contributed by atoms with Crippen molar-refractivity contribution in [3.05, 3.63) is 11.8 Å². The first-order valence-corrected chi connectivity index (χ1v) is 6.25. The minimum Gasteiger partial charge on any atom is -0.361 e. The van der Waals surface area contributed by atoms with E-state index in [9.17, 15) is 4.79 Å². The molecule has 0 aliphatic rings. The third-order valence-electron chi connectivity index (χ3n) is 2.30. The van der Waals surface area contributed by atoms with Gasteiger partial charge in [-0.1, -0.05) is 6.92 Å². The Morgan fingerprint density at radius 1 is 1.33 bits per heavy atom. The molecule has 0 aliphatic carbocycles. The van der Waals surface area contributed by atoms with E-state index in [0.717, 1.165) is 18.5 Å². The lowest BCUT2D eigenvalue weighted by Crippen LogP contribution is -2.29. The number of anilines is 2. The minimum absolute atomic E-state index is 0.0430. The molecule has 0 unspecified atom stereocenters. The van der Waals surface area contributed by atoms with Crippen molar-refractivity contribution in [3.8, 4) is 0 Å². The van der Waals surface area contributed by atoms with Crippen LogP contribution in [0.5, 0.6) is 0 Å². The Morgan fingerprint density at radius 3 is 2.78 bits per heavy atom. The molecule has 1 amide bonds. The molecule has 1 aromatic heterocycles. The summed E-state index contributed by atoms with van der Waals surface area (Å²) in [7, 11) is 0. The van der Waals surface area contributed by atoms with E-state index in [-0.39, 0.29) is 12.5 Å². The SMILES string of the molecule is CCCNc1ncc(C)c(NCC(=O)NCC)n1. The Balaban J connectivity index is 2.60. The fourth-order valence-corrected chi connectivity index (χ4v) is 1.37. The van der Waals surface area contributed by atoms with Crippen LogP contribution >= 0.6 is 0 Å². The smallest absolute Gasteiger partial charge is 0.239 e. The van der Waals surface area contributed by atoms with E-state index in [0.29, 0.717) is 18.3 Å². The zero-order valence-electron chi connectivity index (χ0n) is 11.2. The lowest BCUT2D eigenvalue weighted by Gasteiger charge is -2.10. The van der Waals surface area contributed by atoms with Gasteiger partial charge in [0.15, 0.2) is 0 Å². The molecule has 0 aromatic carbocycles. The molecule has 1 aromatic rings. The summed E-state index contributed by atoms with van der Waals surface area (Å²) >= 11 is 0. The molecular weight excluding hydrogens is 230 g/mol. The topological polar surface area (TPSA) is 78.9 Å². The number of aryl methyl sites for hydroxylation is 1. The molecular formula is C12H21N5O. The van der Waals surface area contributed by atoms with Crippen molar-refractivity contribution in [3.63, 3.8) is 0 Å². The van der Waals surface area contributed by atoms with Gasteiger partial charge in [-0.15, -0.1) is 0 Å². The van der Waals surface area contributed by atoms with Gasteiger partial charge in [-0.2, -0.15) is 4.98 Å². The summed E-state index contributed by atoms with van der Waals surface area (Å²) in [4.78, 5) is 19.9. The van der Waals surface area contributed by atoms with Crippen LogP contribution in [-0.4, -0.2) is 35.5 Å². The number of amides is 1. The molecule has 1 heterocycles. The van der Waals surface area contributed by atoms with Crippen LogP contribution in [0.25, 0.3) is 0 Å². The second-order valence-electron chi connectivity index (χ2n) is 3.96. The summed E-state index contributed by atoms with van der Waals surface area (Å²) in [6.07, 6.45) is 2.75. The Kier molecular flexibility index (Phi) is 5.90. The molecule has 0 atom stereocenters. The number of carbonyl (C=O) groups is 1. The van der Waals surface area contributed by atoms with Crippen LogP contribution in [0, 0.1) is 6.92 Å². The van der Waals surface area contributed by atoms with Crippen LogP contribution in [0.4, 0.5) is 11.8 Å². The van der Waals surface area contributed by atoms with Crippen LogP contribution < -0.4 is 16.0 Å². The van der Waals surface area contributed by atoms with Gasteiger partial charge in [0.05, 0.1) is 6.54 Å². The maximum Gasteiger partial charge on any atom is 0.239 e. The van der Waals surface area contributed by atoms with Crippen molar-refractivity contribution in [1.29, 1.82) is 0 Å². The van der Waals surface area contributed by atoms with Gasteiger partial charge in [0, 0.05) is 24.8 Å². The predicted octanol–water partition coefficient (Wildman–Crippen LogP) is 1.15. The van der Waals surface area contributed by atoms with Gasteiger partial charge >= 0.3 is 0 Å². The first kappa shape index (κ1) is 14.2. The molecule has 6 nitrogen and oxygen atoms in total. The fraction of sp³-hybridized carbons (Fsp3) is 0.583. The van der Waals surface area contributed by atoms with E-state index in [2.05, 4.69) is 32.8 Å². The van der Waals surface area contributed by atoms with Gasteiger partial charge in [0.25, 0.3) is 0 Å². The summed E-state index contributed by atoms with van der Waals surface area (Å²) in [6, 6.07) is 0. The lowest BCUT2D eigenvalue weighted by atomic mass is 10.3. The van der Waals surface area contributed by atoms with Gasteiger partial charge < -0.3 is 16.0 Å². The second kappa shape index (κ2) is 7.47. The molecule has 18 heavy (non-hydrogen) atoms. The quantitative estimate of drug-likeness (QED) is 0.677. The van der Waals surface area contributed by atoms with E-state index >= 15 is 0 Å². The average Bonchev–Trinajstić information content (AvgIpc) is 2.36. The molecule has 6 heteroatoms. The number of hydrogen-bond acceptors (Lipinski definition) is 5. The Hall–Kier alpha value is -1.85. The molecule has 3 N–H and O–H groups in total. The zero-order valence-corrected chi connectivity index (χ0v) is 11.2. The number of hydrogen-bond donors (Lipinski definition) is 3. The molecule has 0 radical (unpaired) electrons. The summed E-state index contributed by atoms with van der Waals surface area (Å²) in [5.41, 5.74) is 0.918. The van der Waals surface area contributed by atoms with Crippen LogP contribution in [0.15, 0.2) is 6.20 Å². The molecule has 0 saturated heterocycles. The van der Waals surface area contributed by atoms with E-state index in [4.69, 9.17) is 0 Å². The summed E-state index contributed by atoms with van der Waals surface area (Å²) in [6.45, 7) is 7.56. The van der Waals surface area contributed by atoms with Crippen molar-refractivity contribution < 1.29 is 4.79 Å². The highest BCUT2D eigenvalue weighted by Gasteiger charge is 2.05. The van der Waals surface area contributed by atoms with Crippen molar-refractivity contribution in [1.82, 2.24) is 15.3 Å². The Labute approximate surface area is 108 Å². The standard InChI is InChI=1S/C12H21N5O/c1-4-6-14-12-16-7-9(3)11(17-12)15-8-10(18)13-5-2/h7H,4-6,8H2,1-3H3,(H,13,18)(H2,14,15,16,17). The zero-order chi connectivity index (χ0) is 13.4. The van der Waals surface area contributed by atoms with Crippen molar-refractivity contribution in [2.24, 2.45) is 0 Å². The van der Waals surface area contributed by atoms with E-state index < -0.39 is 0 Å². The van der Waals surface area contributed by atoms with Crippen LogP contribution in [0.1, 0.15) is 25.8 Å². The van der Waals surface area contributed by atoms with E-state index in [1.54, 1.807) is 6.20 Å². The normalized spacial score (nSPS) is 9.94. The molecule has 0 bridgehead atoms. The van der Waals surface area contributed by atoms with Crippen molar-refractivity contribution >= 4 is 17.7 Å². The number of rotatable bonds is 7. The third-order valence-corrected chi connectivity index (χ3v) is 2.30. The molecule has 0 saturated carbocycles. The fourth-order valence-electron chi connectivity index (χ4n) is 1.37. The van der Waals surface area contributed by atoms with Gasteiger partial charge in [0.2, 0.25) is 11.9 Å². The number of carbonyl (C=O) groups excluding carboxylic acids is 1.